The highest BCUT2D eigenvalue weighted by atomic mass is 32.2. The summed E-state index contributed by atoms with van der Waals surface area (Å²) >= 11 is 1.18. The summed E-state index contributed by atoms with van der Waals surface area (Å²) < 4.78 is 35.5. The van der Waals surface area contributed by atoms with Gasteiger partial charge in [-0.2, -0.15) is 13.2 Å². The third-order valence-electron chi connectivity index (χ3n) is 1.84. The van der Waals surface area contributed by atoms with Crippen molar-refractivity contribution in [3.8, 4) is 0 Å². The summed E-state index contributed by atoms with van der Waals surface area (Å²) in [6, 6.07) is 2.86. The Bertz CT molecular complexity index is 378. The Hall–Kier alpha value is -1.24. The first kappa shape index (κ1) is 13.8. The van der Waals surface area contributed by atoms with Crippen LogP contribution in [-0.2, 0) is 0 Å². The minimum Gasteiger partial charge on any atom is -0.478 e. The second-order valence-corrected chi connectivity index (χ2v) is 4.37. The summed E-state index contributed by atoms with van der Waals surface area (Å²) in [5, 5.41) is 9.13. The average Bonchev–Trinajstić information content (AvgIpc) is 2.24. The predicted octanol–water partition coefficient (Wildman–Crippen LogP) is 3.21. The van der Waals surface area contributed by atoms with Gasteiger partial charge in [-0.1, -0.05) is 0 Å². The first-order valence-corrected chi connectivity index (χ1v) is 5.76. The van der Waals surface area contributed by atoms with E-state index in [-0.39, 0.29) is 12.0 Å². The molecule has 1 aromatic heterocycles. The Kier molecular flexibility index (Phi) is 4.80. The quantitative estimate of drug-likeness (QED) is 0.656. The van der Waals surface area contributed by atoms with Crippen molar-refractivity contribution in [2.45, 2.75) is 24.0 Å². The number of rotatable bonds is 5. The molecule has 0 aliphatic heterocycles. The molecule has 17 heavy (non-hydrogen) atoms. The van der Waals surface area contributed by atoms with Gasteiger partial charge in [-0.05, 0) is 24.3 Å². The maximum absolute atomic E-state index is 11.8. The first-order chi connectivity index (χ1) is 7.88. The lowest BCUT2D eigenvalue weighted by molar-refractivity contribution is -0.134. The molecule has 0 spiro atoms. The van der Waals surface area contributed by atoms with E-state index in [2.05, 4.69) is 4.98 Å². The van der Waals surface area contributed by atoms with Gasteiger partial charge in [0.15, 0.2) is 0 Å². The number of carboxylic acids is 1. The molecule has 0 saturated carbocycles. The van der Waals surface area contributed by atoms with Gasteiger partial charge in [0.25, 0.3) is 0 Å². The summed E-state index contributed by atoms with van der Waals surface area (Å²) in [6.45, 7) is 0. The number of halogens is 3. The van der Waals surface area contributed by atoms with Crippen molar-refractivity contribution in [1.82, 2.24) is 4.98 Å². The summed E-state index contributed by atoms with van der Waals surface area (Å²) in [7, 11) is 0. The maximum Gasteiger partial charge on any atom is 0.389 e. The molecule has 0 aliphatic rings. The fraction of sp³-hybridized carbons (Fsp3) is 0.400. The number of carbonyl (C=O) groups is 1. The molecule has 0 fully saturated rings. The van der Waals surface area contributed by atoms with E-state index in [9.17, 15) is 18.0 Å². The van der Waals surface area contributed by atoms with Gasteiger partial charge >= 0.3 is 12.1 Å². The highest BCUT2D eigenvalue weighted by Crippen LogP contribution is 2.24. The molecule has 0 unspecified atom stereocenters. The van der Waals surface area contributed by atoms with Crippen LogP contribution in [0.25, 0.3) is 0 Å². The number of thioether (sulfide) groups is 1. The molecule has 94 valence electrons. The molecule has 7 heteroatoms. The minimum absolute atomic E-state index is 0.0243. The summed E-state index contributed by atoms with van der Waals surface area (Å²) in [5.74, 6) is -0.773. The summed E-state index contributed by atoms with van der Waals surface area (Å²) in [4.78, 5) is 14.3. The number of nitrogens with zero attached hydrogens (tertiary/aromatic N) is 1. The summed E-state index contributed by atoms with van der Waals surface area (Å²) in [6.07, 6.45) is -3.72. The normalized spacial score (nSPS) is 11.5. The largest absolute Gasteiger partial charge is 0.478 e. The van der Waals surface area contributed by atoms with Crippen molar-refractivity contribution in [2.75, 3.05) is 5.75 Å². The number of aromatic carboxylic acids is 1. The van der Waals surface area contributed by atoms with Crippen LogP contribution in [0, 0.1) is 0 Å². The number of hydrogen-bond acceptors (Lipinski definition) is 3. The van der Waals surface area contributed by atoms with E-state index < -0.39 is 18.6 Å². The molecule has 1 aromatic rings. The maximum atomic E-state index is 11.8. The van der Waals surface area contributed by atoms with Gasteiger partial charge in [0.2, 0.25) is 0 Å². The third kappa shape index (κ3) is 5.58. The number of alkyl halides is 3. The molecule has 1 rings (SSSR count). The Labute approximate surface area is 100 Å². The summed E-state index contributed by atoms with van der Waals surface area (Å²) in [5.41, 5.74) is 0.0599. The zero-order chi connectivity index (χ0) is 12.9. The van der Waals surface area contributed by atoms with Gasteiger partial charge in [-0.15, -0.1) is 11.8 Å². The molecular weight excluding hydrogens is 255 g/mol. The minimum atomic E-state index is -4.12. The van der Waals surface area contributed by atoms with Crippen LogP contribution >= 0.6 is 11.8 Å². The van der Waals surface area contributed by atoms with Crippen molar-refractivity contribution in [3.63, 3.8) is 0 Å². The predicted molar refractivity (Wildman–Crippen MR) is 57.2 cm³/mol. The van der Waals surface area contributed by atoms with Gasteiger partial charge in [0.1, 0.15) is 0 Å². The lowest BCUT2D eigenvalue weighted by Gasteiger charge is -2.05. The third-order valence-corrected chi connectivity index (χ3v) is 2.87. The SMILES string of the molecule is O=C(O)c1ccc(SCCCC(F)(F)F)nc1. The average molecular weight is 265 g/mol. The van der Waals surface area contributed by atoms with Crippen LogP contribution in [0.5, 0.6) is 0 Å². The fourth-order valence-electron chi connectivity index (χ4n) is 1.04. The Balaban J connectivity index is 2.35. The molecular formula is C10H10F3NO2S. The van der Waals surface area contributed by atoms with Gasteiger partial charge < -0.3 is 5.11 Å². The Morgan fingerprint density at radius 2 is 2.12 bits per heavy atom. The van der Waals surface area contributed by atoms with Crippen LogP contribution in [0.1, 0.15) is 23.2 Å². The highest BCUT2D eigenvalue weighted by Gasteiger charge is 2.25. The van der Waals surface area contributed by atoms with Crippen molar-refractivity contribution in [2.24, 2.45) is 0 Å². The van der Waals surface area contributed by atoms with Crippen molar-refractivity contribution < 1.29 is 23.1 Å². The van der Waals surface area contributed by atoms with Gasteiger partial charge in [-0.25, -0.2) is 9.78 Å². The molecule has 0 saturated heterocycles. The molecule has 1 N–H and O–H groups in total. The molecule has 1 heterocycles. The second-order valence-electron chi connectivity index (χ2n) is 3.26. The van der Waals surface area contributed by atoms with E-state index in [0.717, 1.165) is 0 Å². The molecule has 0 bridgehead atoms. The van der Waals surface area contributed by atoms with Crippen molar-refractivity contribution in [3.05, 3.63) is 23.9 Å². The van der Waals surface area contributed by atoms with E-state index in [4.69, 9.17) is 5.11 Å². The topological polar surface area (TPSA) is 50.2 Å². The van der Waals surface area contributed by atoms with Crippen LogP contribution in [0.2, 0.25) is 0 Å². The number of hydrogen-bond donors (Lipinski definition) is 1. The van der Waals surface area contributed by atoms with E-state index in [1.54, 1.807) is 0 Å². The van der Waals surface area contributed by atoms with Gasteiger partial charge in [-0.3, -0.25) is 0 Å². The highest BCUT2D eigenvalue weighted by molar-refractivity contribution is 7.99. The molecule has 0 radical (unpaired) electrons. The second kappa shape index (κ2) is 5.90. The molecule has 0 atom stereocenters. The molecule has 0 aliphatic carbocycles. The molecule has 0 amide bonds. The van der Waals surface area contributed by atoms with Crippen LogP contribution in [0.3, 0.4) is 0 Å². The number of carboxylic acid groups (broad SMARTS) is 1. The van der Waals surface area contributed by atoms with Gasteiger partial charge in [0.05, 0.1) is 10.6 Å². The number of pyridine rings is 1. The zero-order valence-electron chi connectivity index (χ0n) is 8.70. The smallest absolute Gasteiger partial charge is 0.389 e. The van der Waals surface area contributed by atoms with Crippen LogP contribution < -0.4 is 0 Å². The lowest BCUT2D eigenvalue weighted by Crippen LogP contribution is -2.06. The Morgan fingerprint density at radius 3 is 2.59 bits per heavy atom. The van der Waals surface area contributed by atoms with Crippen molar-refractivity contribution >= 4 is 17.7 Å². The monoisotopic (exact) mass is 265 g/mol. The van der Waals surface area contributed by atoms with E-state index in [1.165, 1.54) is 30.1 Å². The first-order valence-electron chi connectivity index (χ1n) is 4.77. The van der Waals surface area contributed by atoms with E-state index >= 15 is 0 Å². The molecule has 3 nitrogen and oxygen atoms in total. The van der Waals surface area contributed by atoms with E-state index in [1.807, 2.05) is 0 Å². The lowest BCUT2D eigenvalue weighted by atomic mass is 10.3. The van der Waals surface area contributed by atoms with Crippen LogP contribution in [0.15, 0.2) is 23.4 Å². The molecule has 0 aromatic carbocycles. The van der Waals surface area contributed by atoms with Crippen molar-refractivity contribution in [1.29, 1.82) is 0 Å². The zero-order valence-corrected chi connectivity index (χ0v) is 9.51. The van der Waals surface area contributed by atoms with Crippen LogP contribution in [-0.4, -0.2) is 28.0 Å². The van der Waals surface area contributed by atoms with Gasteiger partial charge in [0, 0.05) is 12.6 Å². The fourth-order valence-corrected chi connectivity index (χ4v) is 1.83. The van der Waals surface area contributed by atoms with Crippen LogP contribution in [0.4, 0.5) is 13.2 Å². The standard InChI is InChI=1S/C10H10F3NO2S/c11-10(12,13)4-1-5-17-8-3-2-7(6-14-8)9(15)16/h2-3,6H,1,4-5H2,(H,15,16). The Morgan fingerprint density at radius 1 is 1.41 bits per heavy atom. The van der Waals surface area contributed by atoms with E-state index in [0.29, 0.717) is 10.8 Å². The number of aromatic nitrogens is 1.